The predicted molar refractivity (Wildman–Crippen MR) is 106 cm³/mol. The summed E-state index contributed by atoms with van der Waals surface area (Å²) in [6.45, 7) is 0. The van der Waals surface area contributed by atoms with E-state index in [1.165, 1.54) is 7.11 Å². The Morgan fingerprint density at radius 1 is 1.26 bits per heavy atom. The Morgan fingerprint density at radius 2 is 2.00 bits per heavy atom. The van der Waals surface area contributed by atoms with E-state index in [-0.39, 0.29) is 11.9 Å². The van der Waals surface area contributed by atoms with E-state index in [0.29, 0.717) is 17.6 Å². The maximum atomic E-state index is 12.1. The molecule has 1 aromatic carbocycles. The number of nitrogens with two attached hydrogens (primary N) is 2. The minimum Gasteiger partial charge on any atom is -0.465 e. The van der Waals surface area contributed by atoms with Crippen molar-refractivity contribution in [2.24, 2.45) is 21.5 Å². The molecule has 144 valence electrons. The molecule has 1 aliphatic heterocycles. The molecule has 0 amide bonds. The highest BCUT2D eigenvalue weighted by molar-refractivity contribution is 6.08. The summed E-state index contributed by atoms with van der Waals surface area (Å²) in [6.07, 6.45) is 7.21. The van der Waals surface area contributed by atoms with Crippen LogP contribution < -0.4 is 21.7 Å². The van der Waals surface area contributed by atoms with E-state index in [2.05, 4.69) is 10.3 Å². The number of nitrogens with zero attached hydrogens (tertiary/aromatic N) is 3. The molecule has 2 aliphatic carbocycles. The Kier molecular flexibility index (Phi) is 4.41. The molecule has 0 saturated heterocycles. The molecule has 0 unspecified atom stereocenters. The smallest absolute Gasteiger partial charge is 0.337 e. The van der Waals surface area contributed by atoms with Gasteiger partial charge >= 0.3 is 5.97 Å². The lowest BCUT2D eigenvalue weighted by atomic mass is 9.87. The third-order valence-corrected chi connectivity index (χ3v) is 5.45. The standard InChI is InChI=1S/C19H26N6O2/c1-27-16(26)12-5-8-14(22-13-6-7-13)15(11-12)25-18(21)23-17(20)24-19(25)9-3-2-4-10-19/h5,8,11,13,22H,2-4,6-7,9-10H2,1H3,(H4,20,21,23,24). The highest BCUT2D eigenvalue weighted by Gasteiger charge is 2.43. The first-order chi connectivity index (χ1) is 13.0. The van der Waals surface area contributed by atoms with E-state index in [1.807, 2.05) is 17.0 Å². The molecule has 8 nitrogen and oxygen atoms in total. The van der Waals surface area contributed by atoms with Crippen molar-refractivity contribution in [2.45, 2.75) is 56.7 Å². The number of guanidine groups is 2. The number of carbonyl (C=O) groups is 1. The van der Waals surface area contributed by atoms with Crippen LogP contribution in [0.1, 0.15) is 55.3 Å². The number of carbonyl (C=O) groups excluding carboxylic acids is 1. The number of hydrogen-bond donors (Lipinski definition) is 3. The van der Waals surface area contributed by atoms with E-state index in [1.54, 1.807) is 6.07 Å². The van der Waals surface area contributed by atoms with Crippen LogP contribution in [0.15, 0.2) is 28.2 Å². The molecule has 0 aromatic heterocycles. The Labute approximate surface area is 158 Å². The zero-order valence-electron chi connectivity index (χ0n) is 15.6. The summed E-state index contributed by atoms with van der Waals surface area (Å²) in [5, 5.41) is 3.54. The molecule has 2 saturated carbocycles. The van der Waals surface area contributed by atoms with Crippen LogP contribution in [0.2, 0.25) is 0 Å². The lowest BCUT2D eigenvalue weighted by Crippen LogP contribution is -2.58. The van der Waals surface area contributed by atoms with Crippen LogP contribution in [-0.4, -0.2) is 36.7 Å². The number of ether oxygens (including phenoxy) is 1. The fourth-order valence-electron chi connectivity index (χ4n) is 4.00. The third kappa shape index (κ3) is 3.31. The normalized spacial score (nSPS) is 21.4. The van der Waals surface area contributed by atoms with Crippen molar-refractivity contribution in [1.29, 1.82) is 0 Å². The topological polar surface area (TPSA) is 118 Å². The van der Waals surface area contributed by atoms with Gasteiger partial charge in [-0.2, -0.15) is 4.99 Å². The van der Waals surface area contributed by atoms with Gasteiger partial charge in [-0.15, -0.1) is 0 Å². The molecule has 3 aliphatic rings. The van der Waals surface area contributed by atoms with Gasteiger partial charge in [0.05, 0.1) is 24.0 Å². The molecule has 4 rings (SSSR count). The monoisotopic (exact) mass is 370 g/mol. The van der Waals surface area contributed by atoms with Crippen LogP contribution in [0.4, 0.5) is 11.4 Å². The van der Waals surface area contributed by atoms with Gasteiger partial charge in [0.15, 0.2) is 0 Å². The number of hydrogen-bond acceptors (Lipinski definition) is 8. The number of nitrogens with one attached hydrogen (secondary N) is 1. The molecular weight excluding hydrogens is 344 g/mol. The Hall–Kier alpha value is -2.77. The SMILES string of the molecule is COC(=O)c1ccc(NC2CC2)c(N2C(N)=NC(N)=NC23CCCCC3)c1. The van der Waals surface area contributed by atoms with Crippen molar-refractivity contribution < 1.29 is 9.53 Å². The molecule has 27 heavy (non-hydrogen) atoms. The zero-order chi connectivity index (χ0) is 19.0. The van der Waals surface area contributed by atoms with Gasteiger partial charge in [0, 0.05) is 6.04 Å². The van der Waals surface area contributed by atoms with Crippen molar-refractivity contribution in [1.82, 2.24) is 0 Å². The summed E-state index contributed by atoms with van der Waals surface area (Å²) < 4.78 is 4.91. The second-order valence-electron chi connectivity index (χ2n) is 7.46. The lowest BCUT2D eigenvalue weighted by molar-refractivity contribution is 0.0600. The van der Waals surface area contributed by atoms with Crippen LogP contribution in [-0.2, 0) is 4.74 Å². The summed E-state index contributed by atoms with van der Waals surface area (Å²) in [5.74, 6) is 0.138. The van der Waals surface area contributed by atoms with Crippen LogP contribution in [0.25, 0.3) is 0 Å². The quantitative estimate of drug-likeness (QED) is 0.699. The van der Waals surface area contributed by atoms with Crippen molar-refractivity contribution in [3.63, 3.8) is 0 Å². The average Bonchev–Trinajstić information content (AvgIpc) is 3.46. The molecule has 2 fully saturated rings. The summed E-state index contributed by atoms with van der Waals surface area (Å²) in [5.41, 5.74) is 13.9. The van der Waals surface area contributed by atoms with Crippen LogP contribution >= 0.6 is 0 Å². The number of aliphatic imine (C=N–C) groups is 2. The number of esters is 1. The molecule has 5 N–H and O–H groups in total. The first-order valence-corrected chi connectivity index (χ1v) is 9.51. The molecule has 1 spiro atoms. The van der Waals surface area contributed by atoms with Crippen LogP contribution in [0.5, 0.6) is 0 Å². The molecular formula is C19H26N6O2. The van der Waals surface area contributed by atoms with Crippen molar-refractivity contribution >= 4 is 29.3 Å². The highest BCUT2D eigenvalue weighted by atomic mass is 16.5. The largest absolute Gasteiger partial charge is 0.465 e. The number of methoxy groups -OCH3 is 1. The minimum atomic E-state index is -0.553. The maximum absolute atomic E-state index is 12.1. The summed E-state index contributed by atoms with van der Waals surface area (Å²) in [6, 6.07) is 5.94. The van der Waals surface area contributed by atoms with Gasteiger partial charge in [0.25, 0.3) is 0 Å². The van der Waals surface area contributed by atoms with Gasteiger partial charge in [0.1, 0.15) is 5.66 Å². The van der Waals surface area contributed by atoms with Gasteiger partial charge in [-0.25, -0.2) is 9.79 Å². The zero-order valence-corrected chi connectivity index (χ0v) is 15.6. The number of anilines is 2. The molecule has 0 radical (unpaired) electrons. The van der Waals surface area contributed by atoms with Crippen molar-refractivity contribution in [2.75, 3.05) is 17.3 Å². The Bertz CT molecular complexity index is 808. The summed E-state index contributed by atoms with van der Waals surface area (Å²) in [4.78, 5) is 23.0. The van der Waals surface area contributed by atoms with Gasteiger partial charge in [-0.3, -0.25) is 4.90 Å². The van der Waals surface area contributed by atoms with E-state index >= 15 is 0 Å². The molecule has 1 aromatic rings. The van der Waals surface area contributed by atoms with Crippen molar-refractivity contribution in [3.8, 4) is 0 Å². The van der Waals surface area contributed by atoms with Crippen LogP contribution in [0, 0.1) is 0 Å². The predicted octanol–water partition coefficient (Wildman–Crippen LogP) is 2.16. The highest BCUT2D eigenvalue weighted by Crippen LogP contribution is 2.43. The molecule has 0 bridgehead atoms. The van der Waals surface area contributed by atoms with Crippen LogP contribution in [0.3, 0.4) is 0 Å². The third-order valence-electron chi connectivity index (χ3n) is 5.45. The minimum absolute atomic E-state index is 0.214. The van der Waals surface area contributed by atoms with Gasteiger partial charge in [-0.05, 0) is 56.7 Å². The Morgan fingerprint density at radius 3 is 2.67 bits per heavy atom. The van der Waals surface area contributed by atoms with Gasteiger partial charge < -0.3 is 21.5 Å². The maximum Gasteiger partial charge on any atom is 0.337 e. The van der Waals surface area contributed by atoms with Gasteiger partial charge in [0.2, 0.25) is 11.9 Å². The summed E-state index contributed by atoms with van der Waals surface area (Å²) >= 11 is 0. The van der Waals surface area contributed by atoms with E-state index in [4.69, 9.17) is 21.2 Å². The fraction of sp³-hybridized carbons (Fsp3) is 0.526. The average molecular weight is 370 g/mol. The second-order valence-corrected chi connectivity index (χ2v) is 7.46. The number of benzene rings is 1. The van der Waals surface area contributed by atoms with E-state index < -0.39 is 5.66 Å². The lowest BCUT2D eigenvalue weighted by Gasteiger charge is -2.46. The molecule has 8 heteroatoms. The van der Waals surface area contributed by atoms with E-state index in [0.717, 1.165) is 56.3 Å². The Balaban J connectivity index is 1.82. The fourth-order valence-corrected chi connectivity index (χ4v) is 4.00. The summed E-state index contributed by atoms with van der Waals surface area (Å²) in [7, 11) is 1.38. The molecule has 0 atom stereocenters. The van der Waals surface area contributed by atoms with Crippen molar-refractivity contribution in [3.05, 3.63) is 23.8 Å². The first-order valence-electron chi connectivity index (χ1n) is 9.51. The first kappa shape index (κ1) is 17.6. The second kappa shape index (κ2) is 6.75. The number of rotatable bonds is 4. The van der Waals surface area contributed by atoms with E-state index in [9.17, 15) is 4.79 Å². The van der Waals surface area contributed by atoms with Gasteiger partial charge in [-0.1, -0.05) is 6.42 Å². The molecule has 1 heterocycles.